The number of thiophene rings is 1. The van der Waals surface area contributed by atoms with E-state index in [2.05, 4.69) is 0 Å². The largest absolute Gasteiger partial charge is 0.338 e. The molecule has 0 radical (unpaired) electrons. The number of carbonyl (C=O) groups is 1. The van der Waals surface area contributed by atoms with Crippen LogP contribution in [0, 0.1) is 0 Å². The minimum atomic E-state index is -0.152. The second kappa shape index (κ2) is 6.67. The Hall–Kier alpha value is -0.000000000000000222. The van der Waals surface area contributed by atoms with Crippen LogP contribution in [0.4, 0.5) is 0 Å². The fraction of sp³-hybridized carbons (Fsp3) is 0.444. The van der Waals surface area contributed by atoms with Gasteiger partial charge in [-0.05, 0) is 13.0 Å². The van der Waals surface area contributed by atoms with Gasteiger partial charge in [0.05, 0.1) is 9.90 Å². The summed E-state index contributed by atoms with van der Waals surface area (Å²) in [6.07, 6.45) is 0. The lowest BCUT2D eigenvalue weighted by atomic mass is 10.2. The highest BCUT2D eigenvalue weighted by atomic mass is 35.5. The van der Waals surface area contributed by atoms with Crippen molar-refractivity contribution in [3.8, 4) is 0 Å². The van der Waals surface area contributed by atoms with Crippen LogP contribution in [-0.4, -0.2) is 30.4 Å². The Balaban J connectivity index is 0.00000225. The van der Waals surface area contributed by atoms with Gasteiger partial charge in [0.1, 0.15) is 4.34 Å². The third-order valence-electron chi connectivity index (χ3n) is 2.21. The van der Waals surface area contributed by atoms with Crippen LogP contribution in [0.15, 0.2) is 6.07 Å². The summed E-state index contributed by atoms with van der Waals surface area (Å²) >= 11 is 12.8. The molecule has 3 nitrogen and oxygen atoms in total. The molecule has 0 bridgehead atoms. The highest BCUT2D eigenvalue weighted by Gasteiger charge is 2.20. The van der Waals surface area contributed by atoms with E-state index in [1.54, 1.807) is 18.0 Å². The Labute approximate surface area is 115 Å². The Bertz CT molecular complexity index is 370. The maximum atomic E-state index is 11.9. The number of carbonyl (C=O) groups excluding carboxylic acids is 1. The van der Waals surface area contributed by atoms with E-state index < -0.39 is 0 Å². The van der Waals surface area contributed by atoms with Crippen molar-refractivity contribution in [2.45, 2.75) is 13.0 Å². The molecule has 92 valence electrons. The molecule has 0 fully saturated rings. The fourth-order valence-electron chi connectivity index (χ4n) is 1.03. The van der Waals surface area contributed by atoms with Crippen molar-refractivity contribution < 1.29 is 4.79 Å². The minimum Gasteiger partial charge on any atom is -0.338 e. The number of halogens is 3. The van der Waals surface area contributed by atoms with Gasteiger partial charge in [-0.25, -0.2) is 0 Å². The van der Waals surface area contributed by atoms with Gasteiger partial charge in [-0.3, -0.25) is 4.79 Å². The molecule has 0 spiro atoms. The third-order valence-corrected chi connectivity index (χ3v) is 3.70. The monoisotopic (exact) mass is 302 g/mol. The molecule has 1 aromatic rings. The lowest BCUT2D eigenvalue weighted by molar-refractivity contribution is 0.0749. The van der Waals surface area contributed by atoms with Crippen molar-refractivity contribution in [3.63, 3.8) is 0 Å². The van der Waals surface area contributed by atoms with Crippen molar-refractivity contribution in [2.24, 2.45) is 5.73 Å². The van der Waals surface area contributed by atoms with Gasteiger partial charge in [0.2, 0.25) is 0 Å². The van der Waals surface area contributed by atoms with E-state index in [0.717, 1.165) is 0 Å². The number of nitrogens with two attached hydrogens (primary N) is 1. The van der Waals surface area contributed by atoms with E-state index >= 15 is 0 Å². The number of rotatable bonds is 3. The Kier molecular flexibility index (Phi) is 6.67. The van der Waals surface area contributed by atoms with Gasteiger partial charge in [-0.15, -0.1) is 23.7 Å². The topological polar surface area (TPSA) is 46.3 Å². The fourth-order valence-corrected chi connectivity index (χ4v) is 2.48. The molecule has 0 aliphatic rings. The van der Waals surface area contributed by atoms with Crippen LogP contribution in [0.25, 0.3) is 0 Å². The first-order valence-electron chi connectivity index (χ1n) is 4.39. The summed E-state index contributed by atoms with van der Waals surface area (Å²) in [6.45, 7) is 2.29. The van der Waals surface area contributed by atoms with Gasteiger partial charge < -0.3 is 10.6 Å². The van der Waals surface area contributed by atoms with Crippen molar-refractivity contribution in [1.29, 1.82) is 0 Å². The number of nitrogens with zero attached hydrogens (tertiary/aromatic N) is 1. The molecule has 0 aliphatic carbocycles. The highest BCUT2D eigenvalue weighted by Crippen LogP contribution is 2.31. The summed E-state index contributed by atoms with van der Waals surface area (Å²) in [4.78, 5) is 13.5. The normalized spacial score (nSPS) is 11.8. The van der Waals surface area contributed by atoms with Gasteiger partial charge in [0.25, 0.3) is 5.91 Å². The van der Waals surface area contributed by atoms with E-state index in [4.69, 9.17) is 28.9 Å². The van der Waals surface area contributed by atoms with E-state index in [-0.39, 0.29) is 24.4 Å². The minimum absolute atomic E-state index is 0. The first-order valence-corrected chi connectivity index (χ1v) is 5.96. The summed E-state index contributed by atoms with van der Waals surface area (Å²) in [5.74, 6) is -0.152. The van der Waals surface area contributed by atoms with E-state index in [9.17, 15) is 4.79 Å². The second-order valence-corrected chi connectivity index (χ2v) is 5.52. The molecule has 0 aromatic carbocycles. The maximum absolute atomic E-state index is 11.9. The Morgan fingerprint density at radius 1 is 1.62 bits per heavy atom. The van der Waals surface area contributed by atoms with Crippen LogP contribution in [0.1, 0.15) is 17.3 Å². The SMILES string of the molecule is CC(CN)N(C)C(=O)c1cc(Cl)sc1Cl.Cl. The van der Waals surface area contributed by atoms with Crippen LogP contribution in [0.5, 0.6) is 0 Å². The number of likely N-dealkylation sites (N-methyl/N-ethyl adjacent to an activating group) is 1. The van der Waals surface area contributed by atoms with E-state index in [1.165, 1.54) is 11.3 Å². The standard InChI is InChI=1S/C9H12Cl2N2OS.ClH/c1-5(4-12)13(2)9(14)6-3-7(10)15-8(6)11;/h3,5H,4,12H2,1-2H3;1H. The number of amides is 1. The molecule has 1 rings (SSSR count). The highest BCUT2D eigenvalue weighted by molar-refractivity contribution is 7.20. The summed E-state index contributed by atoms with van der Waals surface area (Å²) in [6, 6.07) is 1.56. The van der Waals surface area contributed by atoms with Gasteiger partial charge in [0.15, 0.2) is 0 Å². The summed E-state index contributed by atoms with van der Waals surface area (Å²) < 4.78 is 0.929. The molecule has 16 heavy (non-hydrogen) atoms. The summed E-state index contributed by atoms with van der Waals surface area (Å²) in [5, 5.41) is 0. The van der Waals surface area contributed by atoms with Crippen molar-refractivity contribution in [1.82, 2.24) is 4.90 Å². The van der Waals surface area contributed by atoms with Crippen LogP contribution >= 0.6 is 46.9 Å². The summed E-state index contributed by atoms with van der Waals surface area (Å²) in [7, 11) is 1.70. The first-order chi connectivity index (χ1) is 6.97. The van der Waals surface area contributed by atoms with E-state index in [0.29, 0.717) is 20.8 Å². The molecule has 0 aliphatic heterocycles. The van der Waals surface area contributed by atoms with Crippen molar-refractivity contribution in [3.05, 3.63) is 20.3 Å². The maximum Gasteiger partial charge on any atom is 0.256 e. The van der Waals surface area contributed by atoms with Crippen LogP contribution in [-0.2, 0) is 0 Å². The molecule has 7 heteroatoms. The molecule has 1 atom stereocenters. The van der Waals surface area contributed by atoms with E-state index in [1.807, 2.05) is 6.92 Å². The number of hydrogen-bond donors (Lipinski definition) is 1. The van der Waals surface area contributed by atoms with Crippen molar-refractivity contribution >= 4 is 52.9 Å². The van der Waals surface area contributed by atoms with Gasteiger partial charge >= 0.3 is 0 Å². The lowest BCUT2D eigenvalue weighted by Crippen LogP contribution is -2.39. The van der Waals surface area contributed by atoms with Gasteiger partial charge in [-0.2, -0.15) is 0 Å². The molecule has 0 saturated carbocycles. The lowest BCUT2D eigenvalue weighted by Gasteiger charge is -2.23. The van der Waals surface area contributed by atoms with Crippen LogP contribution in [0.3, 0.4) is 0 Å². The molecular formula is C9H13Cl3N2OS. The quantitative estimate of drug-likeness (QED) is 0.933. The smallest absolute Gasteiger partial charge is 0.256 e. The predicted molar refractivity (Wildman–Crippen MR) is 72.2 cm³/mol. The molecule has 1 aromatic heterocycles. The summed E-state index contributed by atoms with van der Waals surface area (Å²) in [5.41, 5.74) is 5.92. The Morgan fingerprint density at radius 2 is 2.19 bits per heavy atom. The average Bonchev–Trinajstić information content (AvgIpc) is 2.54. The predicted octanol–water partition coefficient (Wildman–Crippen LogP) is 2.90. The number of hydrogen-bond acceptors (Lipinski definition) is 3. The van der Waals surface area contributed by atoms with Crippen LogP contribution < -0.4 is 5.73 Å². The Morgan fingerprint density at radius 3 is 2.56 bits per heavy atom. The second-order valence-electron chi connectivity index (χ2n) is 3.24. The zero-order valence-corrected chi connectivity index (χ0v) is 12.0. The van der Waals surface area contributed by atoms with Gasteiger partial charge in [-0.1, -0.05) is 23.2 Å². The van der Waals surface area contributed by atoms with Crippen molar-refractivity contribution in [2.75, 3.05) is 13.6 Å². The zero-order valence-electron chi connectivity index (χ0n) is 8.87. The third kappa shape index (κ3) is 3.50. The zero-order chi connectivity index (χ0) is 11.6. The molecule has 1 unspecified atom stereocenters. The van der Waals surface area contributed by atoms with Gasteiger partial charge in [0, 0.05) is 19.6 Å². The first kappa shape index (κ1) is 16.0. The molecule has 1 heterocycles. The molecular weight excluding hydrogens is 291 g/mol. The molecule has 1 amide bonds. The molecule has 0 saturated heterocycles. The average molecular weight is 304 g/mol. The van der Waals surface area contributed by atoms with Crippen LogP contribution in [0.2, 0.25) is 8.67 Å². The molecule has 2 N–H and O–H groups in total.